The molecule has 3 rings (SSSR count). The quantitative estimate of drug-likeness (QED) is 0.692. The van der Waals surface area contributed by atoms with E-state index in [2.05, 4.69) is 23.0 Å². The van der Waals surface area contributed by atoms with Gasteiger partial charge in [-0.05, 0) is 24.1 Å². The third kappa shape index (κ3) is 1.44. The van der Waals surface area contributed by atoms with Crippen LogP contribution < -0.4 is 0 Å². The highest BCUT2D eigenvalue weighted by Gasteiger charge is 2.50. The Bertz CT molecular complexity index is 420. The molecule has 1 aromatic rings. The van der Waals surface area contributed by atoms with Crippen molar-refractivity contribution in [1.82, 2.24) is 4.90 Å². The highest BCUT2D eigenvalue weighted by Crippen LogP contribution is 2.38. The van der Waals surface area contributed by atoms with Gasteiger partial charge in [0.05, 0.1) is 18.8 Å². The first-order valence-corrected chi connectivity index (χ1v) is 5.71. The van der Waals surface area contributed by atoms with Gasteiger partial charge in [0, 0.05) is 18.7 Å². The average molecular weight is 213 g/mol. The maximum atomic E-state index is 5.34. The van der Waals surface area contributed by atoms with E-state index in [1.165, 1.54) is 18.5 Å². The molecule has 0 radical (unpaired) electrons. The molecule has 0 amide bonds. The summed E-state index contributed by atoms with van der Waals surface area (Å²) in [7, 11) is 0. The molecule has 0 N–H and O–H groups in total. The zero-order valence-electron chi connectivity index (χ0n) is 9.28. The Morgan fingerprint density at radius 2 is 2.06 bits per heavy atom. The summed E-state index contributed by atoms with van der Waals surface area (Å²) < 4.78 is 5.32. The van der Waals surface area contributed by atoms with Crippen molar-refractivity contribution in [3.8, 4) is 12.3 Å². The largest absolute Gasteiger partial charge is 0.377 e. The van der Waals surface area contributed by atoms with Gasteiger partial charge in [-0.3, -0.25) is 4.90 Å². The summed E-state index contributed by atoms with van der Waals surface area (Å²) in [5, 5.41) is 0. The second-order valence-electron chi connectivity index (χ2n) is 4.73. The molecule has 0 atom stereocenters. The third-order valence-electron chi connectivity index (χ3n) is 3.75. The third-order valence-corrected chi connectivity index (χ3v) is 3.75. The Balaban J connectivity index is 1.68. The average Bonchev–Trinajstić information content (AvgIpc) is 2.23. The van der Waals surface area contributed by atoms with Gasteiger partial charge < -0.3 is 4.74 Å². The molecule has 1 spiro atoms. The molecule has 0 bridgehead atoms. The molecule has 2 aliphatic heterocycles. The van der Waals surface area contributed by atoms with Crippen LogP contribution in [0.15, 0.2) is 24.3 Å². The summed E-state index contributed by atoms with van der Waals surface area (Å²) in [6.45, 7) is 4.04. The van der Waals surface area contributed by atoms with E-state index in [-0.39, 0.29) is 0 Å². The Kier molecular flexibility index (Phi) is 2.24. The fraction of sp³-hybridized carbons (Fsp3) is 0.429. The van der Waals surface area contributed by atoms with Crippen molar-refractivity contribution in [3.63, 3.8) is 0 Å². The molecule has 16 heavy (non-hydrogen) atoms. The number of terminal acetylenes is 1. The molecule has 0 aliphatic carbocycles. The summed E-state index contributed by atoms with van der Waals surface area (Å²) in [5.41, 5.74) is 2.67. The lowest BCUT2D eigenvalue weighted by Crippen LogP contribution is -2.70. The number of likely N-dealkylation sites (tertiary alicyclic amines) is 1. The van der Waals surface area contributed by atoms with Crippen molar-refractivity contribution in [1.29, 1.82) is 0 Å². The molecular weight excluding hydrogens is 198 g/mol. The van der Waals surface area contributed by atoms with E-state index in [0.29, 0.717) is 5.54 Å². The zero-order valence-corrected chi connectivity index (χ0v) is 9.28. The van der Waals surface area contributed by atoms with Crippen LogP contribution in [0.1, 0.15) is 17.5 Å². The topological polar surface area (TPSA) is 12.5 Å². The van der Waals surface area contributed by atoms with Gasteiger partial charge in [0.1, 0.15) is 0 Å². The van der Waals surface area contributed by atoms with E-state index >= 15 is 0 Å². The Hall–Kier alpha value is -1.30. The number of hydrogen-bond donors (Lipinski definition) is 0. The van der Waals surface area contributed by atoms with Crippen molar-refractivity contribution >= 4 is 0 Å². The van der Waals surface area contributed by atoms with Gasteiger partial charge in [0.2, 0.25) is 0 Å². The number of nitrogens with zero attached hydrogens (tertiary/aromatic N) is 1. The fourth-order valence-electron chi connectivity index (χ4n) is 2.42. The van der Waals surface area contributed by atoms with Crippen molar-refractivity contribution in [2.45, 2.75) is 18.5 Å². The van der Waals surface area contributed by atoms with E-state index in [1.807, 2.05) is 12.1 Å². The molecule has 2 aliphatic rings. The van der Waals surface area contributed by atoms with E-state index < -0.39 is 0 Å². The molecule has 2 nitrogen and oxygen atoms in total. The van der Waals surface area contributed by atoms with Crippen molar-refractivity contribution in [3.05, 3.63) is 35.4 Å². The summed E-state index contributed by atoms with van der Waals surface area (Å²) >= 11 is 0. The summed E-state index contributed by atoms with van der Waals surface area (Å²) in [4.78, 5) is 2.52. The first-order valence-electron chi connectivity index (χ1n) is 5.71. The molecule has 2 fully saturated rings. The lowest BCUT2D eigenvalue weighted by atomic mass is 9.82. The number of benzene rings is 1. The van der Waals surface area contributed by atoms with Gasteiger partial charge in [0.15, 0.2) is 0 Å². The van der Waals surface area contributed by atoms with E-state index in [0.717, 1.165) is 25.3 Å². The maximum Gasteiger partial charge on any atom is 0.0693 e. The minimum atomic E-state index is 0.380. The van der Waals surface area contributed by atoms with Crippen LogP contribution in [0.2, 0.25) is 0 Å². The Morgan fingerprint density at radius 3 is 2.50 bits per heavy atom. The minimum Gasteiger partial charge on any atom is -0.377 e. The molecule has 0 unspecified atom stereocenters. The Morgan fingerprint density at radius 1 is 1.31 bits per heavy atom. The fourth-order valence-corrected chi connectivity index (χ4v) is 2.42. The van der Waals surface area contributed by atoms with Crippen LogP contribution in [0.3, 0.4) is 0 Å². The van der Waals surface area contributed by atoms with Crippen molar-refractivity contribution in [2.75, 3.05) is 19.8 Å². The van der Waals surface area contributed by atoms with Gasteiger partial charge in [-0.15, -0.1) is 6.42 Å². The monoisotopic (exact) mass is 213 g/mol. The minimum absolute atomic E-state index is 0.380. The smallest absolute Gasteiger partial charge is 0.0693 e. The first-order chi connectivity index (χ1) is 7.82. The summed E-state index contributed by atoms with van der Waals surface area (Å²) in [5.74, 6) is 2.64. The molecule has 82 valence electrons. The molecule has 2 saturated heterocycles. The van der Waals surface area contributed by atoms with Crippen LogP contribution in [0.5, 0.6) is 0 Å². The predicted molar refractivity (Wildman–Crippen MR) is 63.0 cm³/mol. The van der Waals surface area contributed by atoms with Gasteiger partial charge in [0.25, 0.3) is 0 Å². The van der Waals surface area contributed by atoms with Crippen LogP contribution in [0.4, 0.5) is 0 Å². The van der Waals surface area contributed by atoms with Crippen LogP contribution in [0.25, 0.3) is 0 Å². The highest BCUT2D eigenvalue weighted by atomic mass is 16.5. The van der Waals surface area contributed by atoms with Gasteiger partial charge in [-0.25, -0.2) is 0 Å². The van der Waals surface area contributed by atoms with E-state index in [1.54, 1.807) is 0 Å². The van der Waals surface area contributed by atoms with Gasteiger partial charge >= 0.3 is 0 Å². The molecular formula is C14H15NO. The van der Waals surface area contributed by atoms with Crippen LogP contribution in [-0.2, 0) is 11.3 Å². The standard InChI is InChI=1S/C14H15NO/c1-2-12-3-5-13(6-4-12)9-15-8-7-14(15)10-16-11-14/h1,3-6H,7-11H2. The summed E-state index contributed by atoms with van der Waals surface area (Å²) in [6.07, 6.45) is 6.62. The SMILES string of the molecule is C#Cc1ccc(CN2CCC23COC3)cc1. The zero-order chi connectivity index (χ0) is 11.0. The molecule has 0 aromatic heterocycles. The van der Waals surface area contributed by atoms with Crippen molar-refractivity contribution < 1.29 is 4.74 Å². The number of hydrogen-bond acceptors (Lipinski definition) is 2. The summed E-state index contributed by atoms with van der Waals surface area (Å²) in [6, 6.07) is 8.28. The van der Waals surface area contributed by atoms with Gasteiger partial charge in [-0.2, -0.15) is 0 Å². The second-order valence-corrected chi connectivity index (χ2v) is 4.73. The number of ether oxygens (including phenoxy) is 1. The predicted octanol–water partition coefficient (Wildman–Crippen LogP) is 1.64. The van der Waals surface area contributed by atoms with Crippen LogP contribution >= 0.6 is 0 Å². The van der Waals surface area contributed by atoms with Crippen LogP contribution in [-0.4, -0.2) is 30.2 Å². The molecule has 0 saturated carbocycles. The Labute approximate surface area is 96.2 Å². The molecule has 2 heteroatoms. The first kappa shape index (κ1) is 9.89. The highest BCUT2D eigenvalue weighted by molar-refractivity contribution is 5.34. The second kappa shape index (κ2) is 3.62. The lowest BCUT2D eigenvalue weighted by Gasteiger charge is -2.57. The normalized spacial score (nSPS) is 22.2. The van der Waals surface area contributed by atoms with Gasteiger partial charge in [-0.1, -0.05) is 18.1 Å². The van der Waals surface area contributed by atoms with E-state index in [4.69, 9.17) is 11.2 Å². The lowest BCUT2D eigenvalue weighted by molar-refractivity contribution is -0.195. The van der Waals surface area contributed by atoms with E-state index in [9.17, 15) is 0 Å². The molecule has 1 aromatic carbocycles. The number of rotatable bonds is 2. The maximum absolute atomic E-state index is 5.34. The van der Waals surface area contributed by atoms with Crippen LogP contribution in [0, 0.1) is 12.3 Å². The van der Waals surface area contributed by atoms with Crippen molar-refractivity contribution in [2.24, 2.45) is 0 Å². The molecule has 2 heterocycles.